The summed E-state index contributed by atoms with van der Waals surface area (Å²) < 4.78 is 17.6. The molecular weight excluding hydrogens is 486 g/mol. The monoisotopic (exact) mass is 515 g/mol. The number of aryl methyl sites for hydroxylation is 1. The fourth-order valence-electron chi connectivity index (χ4n) is 3.96. The highest BCUT2D eigenvalue weighted by Gasteiger charge is 2.22. The second kappa shape index (κ2) is 12.5. The van der Waals surface area contributed by atoms with Crippen molar-refractivity contribution in [2.24, 2.45) is 0 Å². The molecule has 0 aliphatic carbocycles. The molecule has 9 heteroatoms. The average molecular weight is 516 g/mol. The number of carbonyl (C=O) groups is 2. The number of H-pyrrole nitrogens is 1. The van der Waals surface area contributed by atoms with Crippen LogP contribution < -0.4 is 9.47 Å². The van der Waals surface area contributed by atoms with Crippen molar-refractivity contribution < 1.29 is 28.9 Å². The lowest BCUT2D eigenvalue weighted by Crippen LogP contribution is -2.12. The van der Waals surface area contributed by atoms with Gasteiger partial charge in [-0.15, -0.1) is 0 Å². The number of ether oxygens (including phenoxy) is 3. The summed E-state index contributed by atoms with van der Waals surface area (Å²) in [6.07, 6.45) is 3.08. The van der Waals surface area contributed by atoms with Crippen molar-refractivity contribution in [2.45, 2.75) is 39.4 Å². The van der Waals surface area contributed by atoms with Gasteiger partial charge in [-0.3, -0.25) is 14.9 Å². The summed E-state index contributed by atoms with van der Waals surface area (Å²) in [7, 11) is 0. The quantitative estimate of drug-likeness (QED) is 0.236. The third-order valence-electron chi connectivity index (χ3n) is 5.86. The maximum atomic E-state index is 12.2. The molecule has 4 aromatic rings. The largest absolute Gasteiger partial charge is 0.489 e. The van der Waals surface area contributed by atoms with E-state index in [1.165, 1.54) is 0 Å². The van der Waals surface area contributed by atoms with Crippen LogP contribution >= 0.6 is 0 Å². The van der Waals surface area contributed by atoms with Crippen molar-refractivity contribution in [3.05, 3.63) is 95.4 Å². The van der Waals surface area contributed by atoms with E-state index in [1.54, 1.807) is 43.6 Å². The first-order chi connectivity index (χ1) is 18.4. The zero-order valence-electron chi connectivity index (χ0n) is 21.2. The van der Waals surface area contributed by atoms with Gasteiger partial charge in [-0.25, -0.2) is 4.79 Å². The van der Waals surface area contributed by atoms with Crippen LogP contribution in [0.2, 0.25) is 0 Å². The van der Waals surface area contributed by atoms with Gasteiger partial charge in [0.05, 0.1) is 12.3 Å². The Morgan fingerprint density at radius 3 is 2.66 bits per heavy atom. The number of nitrogens with one attached hydrogen (secondary N) is 1. The lowest BCUT2D eigenvalue weighted by molar-refractivity contribution is -0.137. The molecule has 0 fully saturated rings. The SMILES string of the molecule is CCOC(=O)c1cc(-c2ccc(OCc3cccnc3)cc2O[C@H](CCC(=O)O)c2ccccc2C)n[nH]1. The normalized spacial score (nSPS) is 11.5. The zero-order valence-corrected chi connectivity index (χ0v) is 21.2. The number of hydrogen-bond donors (Lipinski definition) is 2. The molecule has 0 aliphatic rings. The van der Waals surface area contributed by atoms with Gasteiger partial charge in [0.1, 0.15) is 29.9 Å². The molecule has 1 atom stereocenters. The van der Waals surface area contributed by atoms with Gasteiger partial charge < -0.3 is 19.3 Å². The number of aliphatic carboxylic acids is 1. The van der Waals surface area contributed by atoms with Gasteiger partial charge in [-0.05, 0) is 55.7 Å². The summed E-state index contributed by atoms with van der Waals surface area (Å²) in [5.74, 6) is -0.429. The lowest BCUT2D eigenvalue weighted by Gasteiger charge is -2.23. The summed E-state index contributed by atoms with van der Waals surface area (Å²) in [6.45, 7) is 4.24. The van der Waals surface area contributed by atoms with E-state index in [2.05, 4.69) is 15.2 Å². The number of esters is 1. The van der Waals surface area contributed by atoms with Crippen LogP contribution in [0, 0.1) is 6.92 Å². The molecule has 0 saturated heterocycles. The van der Waals surface area contributed by atoms with Gasteiger partial charge in [0.25, 0.3) is 0 Å². The minimum Gasteiger partial charge on any atom is -0.489 e. The maximum Gasteiger partial charge on any atom is 0.356 e. The van der Waals surface area contributed by atoms with Crippen molar-refractivity contribution in [3.8, 4) is 22.8 Å². The highest BCUT2D eigenvalue weighted by molar-refractivity contribution is 5.89. The molecule has 2 aromatic carbocycles. The molecule has 2 aromatic heterocycles. The predicted molar refractivity (Wildman–Crippen MR) is 140 cm³/mol. The number of aromatic nitrogens is 3. The van der Waals surface area contributed by atoms with Gasteiger partial charge in [-0.1, -0.05) is 30.3 Å². The Balaban J connectivity index is 1.70. The molecule has 38 heavy (non-hydrogen) atoms. The van der Waals surface area contributed by atoms with Crippen molar-refractivity contribution in [1.29, 1.82) is 0 Å². The fraction of sp³-hybridized carbons (Fsp3) is 0.241. The molecule has 2 heterocycles. The van der Waals surface area contributed by atoms with Crippen molar-refractivity contribution in [3.63, 3.8) is 0 Å². The van der Waals surface area contributed by atoms with E-state index in [9.17, 15) is 14.7 Å². The van der Waals surface area contributed by atoms with Crippen LogP contribution in [0.5, 0.6) is 11.5 Å². The first-order valence-electron chi connectivity index (χ1n) is 12.3. The Kier molecular flexibility index (Phi) is 8.71. The molecule has 9 nitrogen and oxygen atoms in total. The van der Waals surface area contributed by atoms with Crippen LogP contribution in [0.1, 0.15) is 53.0 Å². The van der Waals surface area contributed by atoms with E-state index in [-0.39, 0.29) is 25.1 Å². The minimum atomic E-state index is -0.910. The smallest absolute Gasteiger partial charge is 0.356 e. The number of rotatable bonds is 12. The third kappa shape index (κ3) is 6.76. The first-order valence-corrected chi connectivity index (χ1v) is 12.3. The second-order valence-electron chi connectivity index (χ2n) is 8.59. The van der Waals surface area contributed by atoms with Crippen molar-refractivity contribution in [1.82, 2.24) is 15.2 Å². The summed E-state index contributed by atoms with van der Waals surface area (Å²) in [5, 5.41) is 16.4. The van der Waals surface area contributed by atoms with Gasteiger partial charge in [-0.2, -0.15) is 5.10 Å². The lowest BCUT2D eigenvalue weighted by atomic mass is 9.99. The van der Waals surface area contributed by atoms with E-state index >= 15 is 0 Å². The fourth-order valence-corrected chi connectivity index (χ4v) is 3.96. The number of benzene rings is 2. The summed E-state index contributed by atoms with van der Waals surface area (Å²) in [4.78, 5) is 27.7. The minimum absolute atomic E-state index is 0.0685. The van der Waals surface area contributed by atoms with Gasteiger partial charge >= 0.3 is 11.9 Å². The Bertz CT molecular complexity index is 1390. The number of carboxylic acid groups (broad SMARTS) is 1. The standard InChI is InChI=1S/C29H29N3O6/c1-3-36-29(35)25-16-24(31-32-25)23-11-10-21(37-18-20-8-6-14-30-17-20)15-27(23)38-26(12-13-28(33)34)22-9-5-4-7-19(22)2/h4-11,14-17,26H,3,12-13,18H2,1-2H3,(H,31,32)(H,33,34)/t26-/m1/s1. The number of hydrogen-bond acceptors (Lipinski definition) is 7. The molecular formula is C29H29N3O6. The molecule has 0 saturated carbocycles. The van der Waals surface area contributed by atoms with E-state index in [4.69, 9.17) is 14.2 Å². The number of pyridine rings is 1. The maximum absolute atomic E-state index is 12.2. The second-order valence-corrected chi connectivity index (χ2v) is 8.59. The number of carbonyl (C=O) groups excluding carboxylic acids is 1. The van der Waals surface area contributed by atoms with E-state index < -0.39 is 18.0 Å². The van der Waals surface area contributed by atoms with E-state index in [1.807, 2.05) is 43.3 Å². The highest BCUT2D eigenvalue weighted by Crippen LogP contribution is 2.37. The molecule has 0 unspecified atom stereocenters. The first kappa shape index (κ1) is 26.4. The van der Waals surface area contributed by atoms with Crippen LogP contribution in [-0.2, 0) is 16.1 Å². The van der Waals surface area contributed by atoms with Crippen molar-refractivity contribution in [2.75, 3.05) is 6.61 Å². The third-order valence-corrected chi connectivity index (χ3v) is 5.86. The topological polar surface area (TPSA) is 124 Å². The van der Waals surface area contributed by atoms with Crippen LogP contribution in [0.4, 0.5) is 0 Å². The molecule has 196 valence electrons. The van der Waals surface area contributed by atoms with Gasteiger partial charge in [0.2, 0.25) is 0 Å². The van der Waals surface area contributed by atoms with Crippen LogP contribution in [0.15, 0.2) is 73.1 Å². The molecule has 2 N–H and O–H groups in total. The van der Waals surface area contributed by atoms with E-state index in [0.717, 1.165) is 16.7 Å². The van der Waals surface area contributed by atoms with Crippen molar-refractivity contribution >= 4 is 11.9 Å². The molecule has 0 amide bonds. The van der Waals surface area contributed by atoms with Crippen LogP contribution in [-0.4, -0.2) is 38.8 Å². The molecule has 0 aliphatic heterocycles. The Hall–Kier alpha value is -4.66. The van der Waals surface area contributed by atoms with Crippen LogP contribution in [0.25, 0.3) is 11.3 Å². The summed E-state index contributed by atoms with van der Waals surface area (Å²) in [6, 6.07) is 18.4. The molecule has 0 spiro atoms. The Labute approximate surface area is 220 Å². The Morgan fingerprint density at radius 2 is 1.92 bits per heavy atom. The van der Waals surface area contributed by atoms with Gasteiger partial charge in [0.15, 0.2) is 0 Å². The summed E-state index contributed by atoms with van der Waals surface area (Å²) >= 11 is 0. The van der Waals surface area contributed by atoms with Crippen LogP contribution in [0.3, 0.4) is 0 Å². The number of nitrogens with zero attached hydrogens (tertiary/aromatic N) is 2. The number of carboxylic acids is 1. The Morgan fingerprint density at radius 1 is 1.08 bits per heavy atom. The molecule has 0 radical (unpaired) electrons. The highest BCUT2D eigenvalue weighted by atomic mass is 16.5. The summed E-state index contributed by atoms with van der Waals surface area (Å²) in [5.41, 5.74) is 4.08. The van der Waals surface area contributed by atoms with E-state index in [0.29, 0.717) is 29.4 Å². The molecule has 0 bridgehead atoms. The van der Waals surface area contributed by atoms with Gasteiger partial charge in [0, 0.05) is 36.0 Å². The number of aromatic amines is 1. The predicted octanol–water partition coefficient (Wildman–Crippen LogP) is 5.52. The zero-order chi connectivity index (χ0) is 26.9. The molecule has 4 rings (SSSR count). The average Bonchev–Trinajstić information content (AvgIpc) is 3.41.